The smallest absolute Gasteiger partial charge is 0.123 e. The zero-order valence-electron chi connectivity index (χ0n) is 13.4. The fraction of sp³-hybridized carbons (Fsp3) is 0.647. The molecule has 2 unspecified atom stereocenters. The Morgan fingerprint density at radius 3 is 2.20 bits per heavy atom. The van der Waals surface area contributed by atoms with E-state index in [1.165, 1.54) is 12.1 Å². The lowest BCUT2D eigenvalue weighted by molar-refractivity contribution is -0.0365. The fourth-order valence-electron chi connectivity index (χ4n) is 2.40. The Balaban J connectivity index is 3.04. The van der Waals surface area contributed by atoms with Crippen LogP contribution in [0.15, 0.2) is 24.3 Å². The minimum absolute atomic E-state index is 0.00973. The fourth-order valence-corrected chi connectivity index (χ4v) is 2.40. The Labute approximate surface area is 122 Å². The zero-order chi connectivity index (χ0) is 15.2. The van der Waals surface area contributed by atoms with Gasteiger partial charge in [0.1, 0.15) is 5.82 Å². The van der Waals surface area contributed by atoms with Gasteiger partial charge in [-0.1, -0.05) is 39.8 Å². The number of hydrogen-bond donors (Lipinski definition) is 1. The molecule has 0 aromatic heterocycles. The molecule has 1 N–H and O–H groups in total. The van der Waals surface area contributed by atoms with Crippen molar-refractivity contribution in [3.05, 3.63) is 35.6 Å². The summed E-state index contributed by atoms with van der Waals surface area (Å²) < 4.78 is 19.1. The number of benzene rings is 1. The monoisotopic (exact) mass is 281 g/mol. The maximum Gasteiger partial charge on any atom is 0.123 e. The summed E-state index contributed by atoms with van der Waals surface area (Å²) in [6.07, 6.45) is 1.10. The Morgan fingerprint density at radius 2 is 1.75 bits per heavy atom. The van der Waals surface area contributed by atoms with Crippen LogP contribution in [-0.2, 0) is 4.74 Å². The van der Waals surface area contributed by atoms with Crippen molar-refractivity contribution in [2.24, 2.45) is 5.41 Å². The molecule has 0 amide bonds. The third-order valence-corrected chi connectivity index (χ3v) is 3.35. The van der Waals surface area contributed by atoms with E-state index in [0.717, 1.165) is 18.5 Å². The normalized spacial score (nSPS) is 15.1. The van der Waals surface area contributed by atoms with Gasteiger partial charge in [-0.15, -0.1) is 0 Å². The van der Waals surface area contributed by atoms with Crippen molar-refractivity contribution >= 4 is 0 Å². The van der Waals surface area contributed by atoms with Crippen LogP contribution in [0.5, 0.6) is 0 Å². The number of nitrogens with one attached hydrogen (secondary N) is 1. The molecule has 0 aliphatic rings. The molecule has 0 heterocycles. The van der Waals surface area contributed by atoms with Gasteiger partial charge in [-0.2, -0.15) is 0 Å². The maximum absolute atomic E-state index is 13.1. The van der Waals surface area contributed by atoms with Crippen LogP contribution >= 0.6 is 0 Å². The van der Waals surface area contributed by atoms with Crippen molar-refractivity contribution in [3.8, 4) is 0 Å². The average Bonchev–Trinajstić information content (AvgIpc) is 2.38. The molecule has 2 atom stereocenters. The molecule has 1 aromatic rings. The second-order valence-electron chi connectivity index (χ2n) is 6.23. The average molecular weight is 281 g/mol. The van der Waals surface area contributed by atoms with Gasteiger partial charge in [0.25, 0.3) is 0 Å². The van der Waals surface area contributed by atoms with Gasteiger partial charge < -0.3 is 10.1 Å². The van der Waals surface area contributed by atoms with Gasteiger partial charge >= 0.3 is 0 Å². The standard InChI is InChI=1S/C17H28FNO/c1-6-12-19-15(13-8-10-14(18)11-9-13)16(20-7-2)17(3,4)5/h8-11,15-16,19H,6-7,12H2,1-5H3. The van der Waals surface area contributed by atoms with Crippen molar-refractivity contribution in [1.29, 1.82) is 0 Å². The molecule has 2 nitrogen and oxygen atoms in total. The van der Waals surface area contributed by atoms with E-state index in [9.17, 15) is 4.39 Å². The molecule has 20 heavy (non-hydrogen) atoms. The molecule has 3 heteroatoms. The minimum Gasteiger partial charge on any atom is -0.376 e. The Kier molecular flexibility index (Phi) is 6.63. The third kappa shape index (κ3) is 4.88. The molecular formula is C17H28FNO. The second-order valence-corrected chi connectivity index (χ2v) is 6.23. The summed E-state index contributed by atoms with van der Waals surface area (Å²) in [4.78, 5) is 0. The van der Waals surface area contributed by atoms with Crippen LogP contribution < -0.4 is 5.32 Å². The minimum atomic E-state index is -0.202. The molecular weight excluding hydrogens is 253 g/mol. The van der Waals surface area contributed by atoms with Crippen molar-refractivity contribution in [2.45, 2.75) is 53.2 Å². The summed E-state index contributed by atoms with van der Waals surface area (Å²) in [7, 11) is 0. The van der Waals surface area contributed by atoms with Gasteiger partial charge in [0.15, 0.2) is 0 Å². The molecule has 1 aromatic carbocycles. The molecule has 0 bridgehead atoms. The first kappa shape index (κ1) is 17.1. The highest BCUT2D eigenvalue weighted by molar-refractivity contribution is 5.22. The summed E-state index contributed by atoms with van der Waals surface area (Å²) in [5, 5.41) is 3.55. The van der Waals surface area contributed by atoms with E-state index >= 15 is 0 Å². The topological polar surface area (TPSA) is 21.3 Å². The molecule has 0 spiro atoms. The lowest BCUT2D eigenvalue weighted by Crippen LogP contribution is -2.42. The van der Waals surface area contributed by atoms with E-state index in [1.54, 1.807) is 0 Å². The predicted molar refractivity (Wildman–Crippen MR) is 82.3 cm³/mol. The van der Waals surface area contributed by atoms with Gasteiger partial charge in [0, 0.05) is 6.61 Å². The molecule has 0 radical (unpaired) electrons. The van der Waals surface area contributed by atoms with Crippen molar-refractivity contribution < 1.29 is 9.13 Å². The number of rotatable bonds is 7. The van der Waals surface area contributed by atoms with Crippen LogP contribution in [0.1, 0.15) is 52.6 Å². The Hall–Kier alpha value is -0.930. The summed E-state index contributed by atoms with van der Waals surface area (Å²) in [5.74, 6) is -0.202. The van der Waals surface area contributed by atoms with E-state index in [1.807, 2.05) is 19.1 Å². The number of ether oxygens (including phenoxy) is 1. The van der Waals surface area contributed by atoms with Crippen LogP contribution in [0.4, 0.5) is 4.39 Å². The highest BCUT2D eigenvalue weighted by Gasteiger charge is 2.33. The summed E-state index contributed by atoms with van der Waals surface area (Å²) in [6, 6.07) is 6.81. The van der Waals surface area contributed by atoms with E-state index in [-0.39, 0.29) is 23.4 Å². The van der Waals surface area contributed by atoms with Gasteiger partial charge in [-0.05, 0) is 43.0 Å². The van der Waals surface area contributed by atoms with Gasteiger partial charge in [-0.25, -0.2) is 4.39 Å². The number of hydrogen-bond acceptors (Lipinski definition) is 2. The first-order valence-electron chi connectivity index (χ1n) is 7.50. The first-order valence-corrected chi connectivity index (χ1v) is 7.50. The van der Waals surface area contributed by atoms with Gasteiger partial charge in [0.2, 0.25) is 0 Å². The van der Waals surface area contributed by atoms with Crippen LogP contribution in [0.3, 0.4) is 0 Å². The Morgan fingerprint density at radius 1 is 1.15 bits per heavy atom. The maximum atomic E-state index is 13.1. The highest BCUT2D eigenvalue weighted by atomic mass is 19.1. The summed E-state index contributed by atoms with van der Waals surface area (Å²) in [5.41, 5.74) is 1.09. The molecule has 1 rings (SSSR count). The largest absolute Gasteiger partial charge is 0.376 e. The summed E-state index contributed by atoms with van der Waals surface area (Å²) in [6.45, 7) is 12.3. The second kappa shape index (κ2) is 7.75. The SMILES string of the molecule is CCCNC(c1ccc(F)cc1)C(OCC)C(C)(C)C. The lowest BCUT2D eigenvalue weighted by atomic mass is 9.82. The predicted octanol–water partition coefficient (Wildman–Crippen LogP) is 4.32. The van der Waals surface area contributed by atoms with Gasteiger partial charge in [0.05, 0.1) is 12.1 Å². The van der Waals surface area contributed by atoms with Crippen molar-refractivity contribution in [3.63, 3.8) is 0 Å². The molecule has 0 fully saturated rings. The molecule has 0 aliphatic heterocycles. The van der Waals surface area contributed by atoms with Crippen molar-refractivity contribution in [2.75, 3.05) is 13.2 Å². The van der Waals surface area contributed by atoms with E-state index in [0.29, 0.717) is 6.61 Å². The van der Waals surface area contributed by atoms with Crippen LogP contribution in [0, 0.1) is 11.2 Å². The lowest BCUT2D eigenvalue weighted by Gasteiger charge is -2.37. The Bertz CT molecular complexity index is 383. The van der Waals surface area contributed by atoms with Gasteiger partial charge in [-0.3, -0.25) is 0 Å². The molecule has 0 saturated heterocycles. The van der Waals surface area contributed by atoms with Crippen LogP contribution in [0.25, 0.3) is 0 Å². The third-order valence-electron chi connectivity index (χ3n) is 3.35. The first-order chi connectivity index (χ1) is 9.40. The highest BCUT2D eigenvalue weighted by Crippen LogP contribution is 2.33. The van der Waals surface area contributed by atoms with Crippen LogP contribution in [0.2, 0.25) is 0 Å². The van der Waals surface area contributed by atoms with E-state index in [2.05, 4.69) is 33.0 Å². The number of halogens is 1. The molecule has 0 aliphatic carbocycles. The molecule has 114 valence electrons. The zero-order valence-corrected chi connectivity index (χ0v) is 13.4. The quantitative estimate of drug-likeness (QED) is 0.803. The van der Waals surface area contributed by atoms with E-state index in [4.69, 9.17) is 4.74 Å². The van der Waals surface area contributed by atoms with E-state index < -0.39 is 0 Å². The summed E-state index contributed by atoms with van der Waals surface area (Å²) >= 11 is 0. The molecule has 0 saturated carbocycles. The van der Waals surface area contributed by atoms with Crippen molar-refractivity contribution in [1.82, 2.24) is 5.32 Å². The van der Waals surface area contributed by atoms with Crippen LogP contribution in [-0.4, -0.2) is 19.3 Å².